The van der Waals surface area contributed by atoms with Crippen molar-refractivity contribution in [2.45, 2.75) is 38.6 Å². The third kappa shape index (κ3) is 6.39. The molecule has 0 radical (unpaired) electrons. The van der Waals surface area contributed by atoms with Crippen LogP contribution < -0.4 is 0 Å². The highest BCUT2D eigenvalue weighted by Crippen LogP contribution is 2.42. The van der Waals surface area contributed by atoms with Crippen molar-refractivity contribution in [3.05, 3.63) is 143 Å². The molecule has 2 heterocycles. The van der Waals surface area contributed by atoms with E-state index in [2.05, 4.69) is 25.5 Å². The molecular weight excluding hydrogens is 564 g/mol. The van der Waals surface area contributed by atoms with Gasteiger partial charge < -0.3 is 19.5 Å². The summed E-state index contributed by atoms with van der Waals surface area (Å²) in [6.45, 7) is 7.73. The standard InChI is InChI=1S/C38H38N2O5/c1-4-20-39(3)23-34-25(2)35(29-14-12-26(24-41)13-15-29)45-38(44-34)30-18-16-28(17-19-30)31-9-7-8-27(21-31)22-40-36(42)32-10-5-6-11-33(32)37(40)43/h4-19,21,25,34-35,38,41H,1,20,22-24H2,2-3H3/t25-,34+,35+,38+/m0/s1. The quantitative estimate of drug-likeness (QED) is 0.164. The lowest BCUT2D eigenvalue weighted by Crippen LogP contribution is -2.43. The van der Waals surface area contributed by atoms with Crippen LogP contribution in [0.3, 0.4) is 0 Å². The molecule has 1 saturated heterocycles. The van der Waals surface area contributed by atoms with Crippen LogP contribution in [0.2, 0.25) is 0 Å². The first-order chi connectivity index (χ1) is 21.9. The number of rotatable bonds is 10. The highest BCUT2D eigenvalue weighted by atomic mass is 16.7. The van der Waals surface area contributed by atoms with Gasteiger partial charge in [0.15, 0.2) is 6.29 Å². The zero-order valence-corrected chi connectivity index (χ0v) is 25.6. The van der Waals surface area contributed by atoms with Gasteiger partial charge in [0, 0.05) is 24.6 Å². The number of ether oxygens (including phenoxy) is 2. The molecule has 4 aromatic rings. The van der Waals surface area contributed by atoms with Crippen LogP contribution in [0, 0.1) is 5.92 Å². The maximum Gasteiger partial charge on any atom is 0.261 e. The number of carbonyl (C=O) groups excluding carboxylic acids is 2. The van der Waals surface area contributed by atoms with Gasteiger partial charge in [-0.05, 0) is 53.1 Å². The Morgan fingerprint density at radius 2 is 1.49 bits per heavy atom. The Labute approximate surface area is 264 Å². The first-order valence-corrected chi connectivity index (χ1v) is 15.3. The number of hydrogen-bond donors (Lipinski definition) is 1. The van der Waals surface area contributed by atoms with Crippen molar-refractivity contribution >= 4 is 11.8 Å². The number of aliphatic hydroxyl groups is 1. The van der Waals surface area contributed by atoms with Crippen molar-refractivity contribution in [2.75, 3.05) is 20.1 Å². The molecule has 0 unspecified atom stereocenters. The molecule has 6 rings (SSSR count). The van der Waals surface area contributed by atoms with Gasteiger partial charge in [-0.2, -0.15) is 0 Å². The first-order valence-electron chi connectivity index (χ1n) is 15.3. The van der Waals surface area contributed by atoms with E-state index in [4.69, 9.17) is 9.47 Å². The fourth-order valence-electron chi connectivity index (χ4n) is 6.18. The summed E-state index contributed by atoms with van der Waals surface area (Å²) in [6, 6.07) is 31.0. The lowest BCUT2D eigenvalue weighted by Gasteiger charge is -2.42. The first kappa shape index (κ1) is 30.6. The fraction of sp³-hybridized carbons (Fsp3) is 0.263. The Bertz CT molecular complexity index is 1650. The zero-order chi connectivity index (χ0) is 31.5. The second-order valence-corrected chi connectivity index (χ2v) is 11.9. The number of aliphatic hydroxyl groups excluding tert-OH is 1. The smallest absolute Gasteiger partial charge is 0.261 e. The maximum atomic E-state index is 12.9. The summed E-state index contributed by atoms with van der Waals surface area (Å²) >= 11 is 0. The van der Waals surface area contributed by atoms with Crippen LogP contribution in [0.1, 0.15) is 62.3 Å². The third-order valence-electron chi connectivity index (χ3n) is 8.72. The number of hydrogen-bond acceptors (Lipinski definition) is 6. The van der Waals surface area contributed by atoms with Crippen molar-refractivity contribution in [1.29, 1.82) is 0 Å². The van der Waals surface area contributed by atoms with E-state index in [1.165, 1.54) is 4.90 Å². The normalized spacial score (nSPS) is 21.3. The molecule has 2 amide bonds. The minimum Gasteiger partial charge on any atom is -0.392 e. The predicted molar refractivity (Wildman–Crippen MR) is 173 cm³/mol. The average Bonchev–Trinajstić information content (AvgIpc) is 3.31. The summed E-state index contributed by atoms with van der Waals surface area (Å²) in [7, 11) is 2.06. The molecule has 2 aliphatic heterocycles. The molecular formula is C38H38N2O5. The molecule has 0 bridgehead atoms. The minimum absolute atomic E-state index is 0.0000899. The monoisotopic (exact) mass is 602 g/mol. The van der Waals surface area contributed by atoms with Crippen LogP contribution in [-0.4, -0.2) is 53.0 Å². The van der Waals surface area contributed by atoms with Crippen LogP contribution in [-0.2, 0) is 22.6 Å². The number of carbonyl (C=O) groups is 2. The molecule has 2 aliphatic rings. The molecule has 230 valence electrons. The molecule has 0 saturated carbocycles. The summed E-state index contributed by atoms with van der Waals surface area (Å²) in [5, 5.41) is 9.52. The molecule has 0 spiro atoms. The second-order valence-electron chi connectivity index (χ2n) is 11.9. The van der Waals surface area contributed by atoms with Crippen LogP contribution in [0.15, 0.2) is 110 Å². The van der Waals surface area contributed by atoms with Gasteiger partial charge in [0.25, 0.3) is 11.8 Å². The van der Waals surface area contributed by atoms with E-state index in [-0.39, 0.29) is 43.1 Å². The number of amides is 2. The van der Waals surface area contributed by atoms with Crippen molar-refractivity contribution in [3.63, 3.8) is 0 Å². The number of likely N-dealkylation sites (N-methyl/N-ethyl adjacent to an activating group) is 1. The van der Waals surface area contributed by atoms with E-state index in [0.717, 1.165) is 46.5 Å². The van der Waals surface area contributed by atoms with Gasteiger partial charge in [0.2, 0.25) is 0 Å². The van der Waals surface area contributed by atoms with Crippen LogP contribution in [0.25, 0.3) is 11.1 Å². The van der Waals surface area contributed by atoms with Crippen molar-refractivity contribution in [1.82, 2.24) is 9.80 Å². The Morgan fingerprint density at radius 1 is 0.822 bits per heavy atom. The SMILES string of the molecule is C=CCN(C)C[C@H]1O[C@@H](c2ccc(-c3cccc(CN4C(=O)c5ccccc5C4=O)c3)cc2)O[C@@H](c2ccc(CO)cc2)[C@H]1C. The van der Waals surface area contributed by atoms with Gasteiger partial charge in [-0.1, -0.05) is 91.9 Å². The maximum absolute atomic E-state index is 12.9. The van der Waals surface area contributed by atoms with Gasteiger partial charge in [-0.3, -0.25) is 14.5 Å². The molecule has 1 N–H and O–H groups in total. The van der Waals surface area contributed by atoms with E-state index in [9.17, 15) is 14.7 Å². The fourth-order valence-corrected chi connectivity index (χ4v) is 6.18. The molecule has 4 aromatic carbocycles. The summed E-state index contributed by atoms with van der Waals surface area (Å²) in [5.74, 6) is -0.426. The largest absolute Gasteiger partial charge is 0.392 e. The zero-order valence-electron chi connectivity index (χ0n) is 25.6. The van der Waals surface area contributed by atoms with Crippen LogP contribution in [0.4, 0.5) is 0 Å². The van der Waals surface area contributed by atoms with Gasteiger partial charge in [-0.25, -0.2) is 0 Å². The average molecular weight is 603 g/mol. The molecule has 0 aromatic heterocycles. The van der Waals surface area contributed by atoms with Gasteiger partial charge in [0.1, 0.15) is 0 Å². The van der Waals surface area contributed by atoms with E-state index in [0.29, 0.717) is 11.1 Å². The Morgan fingerprint density at radius 3 is 2.13 bits per heavy atom. The molecule has 1 fully saturated rings. The Kier molecular flexibility index (Phi) is 9.05. The third-order valence-corrected chi connectivity index (χ3v) is 8.72. The van der Waals surface area contributed by atoms with E-state index >= 15 is 0 Å². The summed E-state index contributed by atoms with van der Waals surface area (Å²) in [5.41, 5.74) is 6.61. The summed E-state index contributed by atoms with van der Waals surface area (Å²) < 4.78 is 13.2. The van der Waals surface area contributed by atoms with E-state index in [1.54, 1.807) is 24.3 Å². The van der Waals surface area contributed by atoms with Crippen LogP contribution in [0.5, 0.6) is 0 Å². The van der Waals surface area contributed by atoms with Crippen molar-refractivity contribution in [2.24, 2.45) is 5.92 Å². The summed E-state index contributed by atoms with van der Waals surface area (Å²) in [6.07, 6.45) is 1.08. The Hall–Kier alpha value is -4.40. The molecule has 4 atom stereocenters. The van der Waals surface area contributed by atoms with Crippen molar-refractivity contribution < 1.29 is 24.2 Å². The van der Waals surface area contributed by atoms with Crippen LogP contribution >= 0.6 is 0 Å². The highest BCUT2D eigenvalue weighted by Gasteiger charge is 2.39. The topological polar surface area (TPSA) is 79.3 Å². The minimum atomic E-state index is -0.556. The number of imide groups is 1. The molecule has 7 nitrogen and oxygen atoms in total. The molecule has 0 aliphatic carbocycles. The van der Waals surface area contributed by atoms with Gasteiger partial charge >= 0.3 is 0 Å². The van der Waals surface area contributed by atoms with Gasteiger partial charge in [-0.15, -0.1) is 6.58 Å². The second kappa shape index (κ2) is 13.3. The number of fused-ring (bicyclic) bond motifs is 1. The van der Waals surface area contributed by atoms with Gasteiger partial charge in [0.05, 0.1) is 36.5 Å². The summed E-state index contributed by atoms with van der Waals surface area (Å²) in [4.78, 5) is 29.3. The lowest BCUT2D eigenvalue weighted by atomic mass is 9.90. The molecule has 7 heteroatoms. The molecule has 45 heavy (non-hydrogen) atoms. The Balaban J connectivity index is 1.21. The lowest BCUT2D eigenvalue weighted by molar-refractivity contribution is -0.275. The number of benzene rings is 4. The number of nitrogens with zero attached hydrogens (tertiary/aromatic N) is 2. The van der Waals surface area contributed by atoms with E-state index in [1.807, 2.05) is 78.9 Å². The van der Waals surface area contributed by atoms with E-state index < -0.39 is 6.29 Å². The van der Waals surface area contributed by atoms with Crippen molar-refractivity contribution in [3.8, 4) is 11.1 Å². The predicted octanol–water partition coefficient (Wildman–Crippen LogP) is 6.55. The highest BCUT2D eigenvalue weighted by molar-refractivity contribution is 6.21.